The number of anilines is 1. The molecule has 0 aromatic heterocycles. The molecule has 2 aromatic rings. The van der Waals surface area contributed by atoms with Crippen LogP contribution in [0.4, 0.5) is 14.5 Å². The van der Waals surface area contributed by atoms with Crippen LogP contribution < -0.4 is 5.73 Å². The molecule has 0 saturated heterocycles. The molecule has 2 N–H and O–H groups in total. The summed E-state index contributed by atoms with van der Waals surface area (Å²) in [6, 6.07) is 8.84. The monoisotopic (exact) mass is 312 g/mol. The van der Waals surface area contributed by atoms with Crippen LogP contribution in [0.25, 0.3) is 0 Å². The highest BCUT2D eigenvalue weighted by atomic mass is 32.2. The SMILES string of the molecule is CN(Cc1ccc(F)cc1F)S(=O)(=O)c1cccc(N)c1. The average Bonchev–Trinajstić information content (AvgIpc) is 2.41. The zero-order valence-electron chi connectivity index (χ0n) is 11.3. The van der Waals surface area contributed by atoms with Crippen LogP contribution in [-0.2, 0) is 16.6 Å². The minimum absolute atomic E-state index is 0.0209. The zero-order valence-corrected chi connectivity index (χ0v) is 12.1. The van der Waals surface area contributed by atoms with Gasteiger partial charge < -0.3 is 5.73 Å². The maximum Gasteiger partial charge on any atom is 0.243 e. The lowest BCUT2D eigenvalue weighted by molar-refractivity contribution is 0.455. The summed E-state index contributed by atoms with van der Waals surface area (Å²) < 4.78 is 52.1. The number of benzene rings is 2. The van der Waals surface area contributed by atoms with Crippen molar-refractivity contribution < 1.29 is 17.2 Å². The van der Waals surface area contributed by atoms with Crippen LogP contribution in [0.15, 0.2) is 47.4 Å². The number of nitrogen functional groups attached to an aromatic ring is 1. The first-order valence-corrected chi connectivity index (χ1v) is 7.50. The molecule has 21 heavy (non-hydrogen) atoms. The summed E-state index contributed by atoms with van der Waals surface area (Å²) in [6.45, 7) is -0.205. The van der Waals surface area contributed by atoms with Crippen LogP contribution in [0.5, 0.6) is 0 Å². The molecule has 7 heteroatoms. The lowest BCUT2D eigenvalue weighted by atomic mass is 10.2. The van der Waals surface area contributed by atoms with Crippen molar-refractivity contribution in [3.63, 3.8) is 0 Å². The Morgan fingerprint density at radius 2 is 1.86 bits per heavy atom. The topological polar surface area (TPSA) is 63.4 Å². The van der Waals surface area contributed by atoms with Crippen molar-refractivity contribution in [2.45, 2.75) is 11.4 Å². The minimum atomic E-state index is -3.79. The van der Waals surface area contributed by atoms with Gasteiger partial charge in [0.15, 0.2) is 0 Å². The smallest absolute Gasteiger partial charge is 0.243 e. The van der Waals surface area contributed by atoms with E-state index in [0.717, 1.165) is 16.4 Å². The predicted molar refractivity (Wildman–Crippen MR) is 75.9 cm³/mol. The number of halogens is 2. The second-order valence-electron chi connectivity index (χ2n) is 4.57. The third-order valence-electron chi connectivity index (χ3n) is 2.97. The van der Waals surface area contributed by atoms with Crippen molar-refractivity contribution >= 4 is 15.7 Å². The molecule has 0 aliphatic rings. The minimum Gasteiger partial charge on any atom is -0.399 e. The lowest BCUT2D eigenvalue weighted by Gasteiger charge is -2.18. The summed E-state index contributed by atoms with van der Waals surface area (Å²) in [5.41, 5.74) is 5.97. The van der Waals surface area contributed by atoms with E-state index >= 15 is 0 Å². The van der Waals surface area contributed by atoms with Crippen LogP contribution >= 0.6 is 0 Å². The van der Waals surface area contributed by atoms with Gasteiger partial charge in [-0.15, -0.1) is 0 Å². The van der Waals surface area contributed by atoms with Crippen LogP contribution in [0, 0.1) is 11.6 Å². The Morgan fingerprint density at radius 1 is 1.14 bits per heavy atom. The molecule has 0 aliphatic heterocycles. The molecule has 0 radical (unpaired) electrons. The first kappa shape index (κ1) is 15.4. The zero-order chi connectivity index (χ0) is 15.6. The van der Waals surface area contributed by atoms with Crippen molar-refractivity contribution in [2.75, 3.05) is 12.8 Å². The van der Waals surface area contributed by atoms with E-state index in [1.54, 1.807) is 6.07 Å². The number of hydrogen-bond acceptors (Lipinski definition) is 3. The fraction of sp³-hybridized carbons (Fsp3) is 0.143. The van der Waals surface area contributed by atoms with E-state index in [2.05, 4.69) is 0 Å². The number of sulfonamides is 1. The molecule has 0 bridgehead atoms. The lowest BCUT2D eigenvalue weighted by Crippen LogP contribution is -2.27. The summed E-state index contributed by atoms with van der Waals surface area (Å²) in [5.74, 6) is -1.50. The summed E-state index contributed by atoms with van der Waals surface area (Å²) in [7, 11) is -2.47. The van der Waals surface area contributed by atoms with E-state index in [0.29, 0.717) is 5.69 Å². The van der Waals surface area contributed by atoms with Crippen molar-refractivity contribution in [1.82, 2.24) is 4.31 Å². The van der Waals surface area contributed by atoms with Gasteiger partial charge in [-0.3, -0.25) is 0 Å². The number of nitrogens with zero attached hydrogens (tertiary/aromatic N) is 1. The highest BCUT2D eigenvalue weighted by Crippen LogP contribution is 2.20. The molecule has 0 unspecified atom stereocenters. The van der Waals surface area contributed by atoms with E-state index in [9.17, 15) is 17.2 Å². The molecule has 2 aromatic carbocycles. The van der Waals surface area contributed by atoms with Crippen LogP contribution in [-0.4, -0.2) is 19.8 Å². The maximum absolute atomic E-state index is 13.6. The summed E-state index contributed by atoms with van der Waals surface area (Å²) >= 11 is 0. The maximum atomic E-state index is 13.6. The first-order valence-electron chi connectivity index (χ1n) is 6.06. The fourth-order valence-electron chi connectivity index (χ4n) is 1.83. The van der Waals surface area contributed by atoms with Gasteiger partial charge in [-0.2, -0.15) is 4.31 Å². The van der Waals surface area contributed by atoms with E-state index in [4.69, 9.17) is 5.73 Å². The summed E-state index contributed by atoms with van der Waals surface area (Å²) in [4.78, 5) is 0.0209. The highest BCUT2D eigenvalue weighted by molar-refractivity contribution is 7.89. The van der Waals surface area contributed by atoms with Gasteiger partial charge in [-0.1, -0.05) is 12.1 Å². The second kappa shape index (κ2) is 5.79. The molecular weight excluding hydrogens is 298 g/mol. The van der Waals surface area contributed by atoms with Crippen LogP contribution in [0.1, 0.15) is 5.56 Å². The van der Waals surface area contributed by atoms with Crippen LogP contribution in [0.3, 0.4) is 0 Å². The van der Waals surface area contributed by atoms with E-state index in [-0.39, 0.29) is 17.0 Å². The van der Waals surface area contributed by atoms with Gasteiger partial charge in [0, 0.05) is 30.9 Å². The quantitative estimate of drug-likeness (QED) is 0.882. The molecule has 0 saturated carbocycles. The van der Waals surface area contributed by atoms with Gasteiger partial charge in [-0.05, 0) is 24.3 Å². The van der Waals surface area contributed by atoms with E-state index in [1.807, 2.05) is 0 Å². The molecule has 2 rings (SSSR count). The molecule has 0 fully saturated rings. The second-order valence-corrected chi connectivity index (χ2v) is 6.61. The van der Waals surface area contributed by atoms with Gasteiger partial charge in [0.05, 0.1) is 4.90 Å². The molecule has 4 nitrogen and oxygen atoms in total. The van der Waals surface area contributed by atoms with Crippen molar-refractivity contribution in [3.8, 4) is 0 Å². The third-order valence-corrected chi connectivity index (χ3v) is 4.77. The molecule has 0 spiro atoms. The largest absolute Gasteiger partial charge is 0.399 e. The highest BCUT2D eigenvalue weighted by Gasteiger charge is 2.22. The Balaban J connectivity index is 2.28. The number of nitrogens with two attached hydrogens (primary N) is 1. The number of rotatable bonds is 4. The van der Waals surface area contributed by atoms with Gasteiger partial charge in [0.2, 0.25) is 10.0 Å². The Hall–Kier alpha value is -1.99. The first-order chi connectivity index (χ1) is 9.80. The Kier molecular flexibility index (Phi) is 4.24. The molecule has 112 valence electrons. The normalized spacial score (nSPS) is 11.8. The van der Waals surface area contributed by atoms with Crippen molar-refractivity contribution in [3.05, 3.63) is 59.7 Å². The van der Waals surface area contributed by atoms with Crippen molar-refractivity contribution in [1.29, 1.82) is 0 Å². The van der Waals surface area contributed by atoms with Gasteiger partial charge in [0.25, 0.3) is 0 Å². The molecular formula is C14H14F2N2O2S. The Bertz CT molecular complexity index is 763. The summed E-state index contributed by atoms with van der Waals surface area (Å²) in [6.07, 6.45) is 0. The predicted octanol–water partition coefficient (Wildman–Crippen LogP) is 2.37. The molecule has 0 heterocycles. The van der Waals surface area contributed by atoms with Gasteiger partial charge >= 0.3 is 0 Å². The van der Waals surface area contributed by atoms with E-state index < -0.39 is 21.7 Å². The van der Waals surface area contributed by atoms with Crippen LogP contribution in [0.2, 0.25) is 0 Å². The van der Waals surface area contributed by atoms with Crippen molar-refractivity contribution in [2.24, 2.45) is 0 Å². The fourth-order valence-corrected chi connectivity index (χ4v) is 3.03. The average molecular weight is 312 g/mol. The summed E-state index contributed by atoms with van der Waals surface area (Å²) in [5, 5.41) is 0. The molecule has 0 aliphatic carbocycles. The Labute approximate surface area is 121 Å². The third kappa shape index (κ3) is 3.37. The molecule has 0 atom stereocenters. The van der Waals surface area contributed by atoms with E-state index in [1.165, 1.54) is 31.3 Å². The number of hydrogen-bond donors (Lipinski definition) is 1. The molecule has 0 amide bonds. The standard InChI is InChI=1S/C14H14F2N2O2S/c1-18(9-10-5-6-11(15)7-14(10)16)21(19,20)13-4-2-3-12(17)8-13/h2-8H,9,17H2,1H3. The van der Waals surface area contributed by atoms with Gasteiger partial charge in [0.1, 0.15) is 11.6 Å². The Morgan fingerprint density at radius 3 is 2.48 bits per heavy atom. The van der Waals surface area contributed by atoms with Gasteiger partial charge in [-0.25, -0.2) is 17.2 Å².